The maximum absolute atomic E-state index is 9.84. The smallest absolute Gasteiger partial charge is 0.197 e. The molecule has 4 heteroatoms. The van der Waals surface area contributed by atoms with Gasteiger partial charge in [-0.15, -0.1) is 0 Å². The quantitative estimate of drug-likeness (QED) is 0.798. The Hall–Kier alpha value is -1.55. The van der Waals surface area contributed by atoms with Crippen molar-refractivity contribution in [1.82, 2.24) is 9.38 Å². The number of hydrogen-bond donors (Lipinski definition) is 1. The minimum Gasteiger partial charge on any atom is -0.494 e. The van der Waals surface area contributed by atoms with Crippen molar-refractivity contribution in [2.24, 2.45) is 0 Å². The Morgan fingerprint density at radius 3 is 3.12 bits per heavy atom. The van der Waals surface area contributed by atoms with Crippen LogP contribution in [0.3, 0.4) is 0 Å². The van der Waals surface area contributed by atoms with Crippen molar-refractivity contribution >= 4 is 5.52 Å². The van der Waals surface area contributed by atoms with Gasteiger partial charge < -0.3 is 9.84 Å². The first-order valence-electron chi connectivity index (χ1n) is 5.63. The van der Waals surface area contributed by atoms with Gasteiger partial charge in [-0.1, -0.05) is 6.07 Å². The van der Waals surface area contributed by atoms with Crippen LogP contribution in [0.5, 0.6) is 5.88 Å². The Labute approximate surface area is 93.5 Å². The average molecular weight is 218 g/mol. The highest BCUT2D eigenvalue weighted by atomic mass is 16.5. The Kier molecular flexibility index (Phi) is 2.29. The average Bonchev–Trinajstić information content (AvgIpc) is 2.75. The van der Waals surface area contributed by atoms with E-state index in [1.807, 2.05) is 12.1 Å². The third kappa shape index (κ3) is 1.46. The molecule has 1 N–H and O–H groups in total. The molecule has 1 unspecified atom stereocenters. The normalized spacial score (nSPS) is 21.4. The molecular formula is C12H14N2O2. The summed E-state index contributed by atoms with van der Waals surface area (Å²) in [6, 6.07) is 5.41. The summed E-state index contributed by atoms with van der Waals surface area (Å²) in [5, 5.41) is 9.84. The van der Waals surface area contributed by atoms with E-state index in [1.165, 1.54) is 0 Å². The number of aromatic hydroxyl groups is 1. The first-order chi connectivity index (χ1) is 7.86. The molecule has 0 spiro atoms. The van der Waals surface area contributed by atoms with Crippen LogP contribution in [0.1, 0.15) is 31.2 Å². The molecule has 1 fully saturated rings. The van der Waals surface area contributed by atoms with Crippen molar-refractivity contribution in [3.8, 4) is 5.88 Å². The molecule has 16 heavy (non-hydrogen) atoms. The van der Waals surface area contributed by atoms with Crippen molar-refractivity contribution in [3.63, 3.8) is 0 Å². The van der Waals surface area contributed by atoms with Crippen molar-refractivity contribution in [3.05, 3.63) is 30.2 Å². The molecule has 1 aliphatic rings. The summed E-state index contributed by atoms with van der Waals surface area (Å²) in [7, 11) is 0. The van der Waals surface area contributed by atoms with E-state index in [-0.39, 0.29) is 12.0 Å². The summed E-state index contributed by atoms with van der Waals surface area (Å²) < 4.78 is 7.45. The van der Waals surface area contributed by atoms with Crippen LogP contribution in [0.25, 0.3) is 5.52 Å². The van der Waals surface area contributed by atoms with Gasteiger partial charge in [0.25, 0.3) is 0 Å². The van der Waals surface area contributed by atoms with Crippen LogP contribution in [0, 0.1) is 0 Å². The van der Waals surface area contributed by atoms with E-state index in [9.17, 15) is 5.11 Å². The molecule has 4 nitrogen and oxygen atoms in total. The van der Waals surface area contributed by atoms with Gasteiger partial charge in [0.15, 0.2) is 5.88 Å². The topological polar surface area (TPSA) is 46.8 Å². The highest BCUT2D eigenvalue weighted by Gasteiger charge is 2.21. The molecule has 1 saturated heterocycles. The molecule has 0 radical (unpaired) electrons. The zero-order chi connectivity index (χ0) is 11.0. The standard InChI is InChI=1S/C12H14N2O2/c15-11-6-3-4-9-8-13-12(14(9)11)10-5-1-2-7-16-10/h3-4,6,8,10,15H,1-2,5,7H2. The van der Waals surface area contributed by atoms with Crippen molar-refractivity contribution in [2.75, 3.05) is 6.61 Å². The van der Waals surface area contributed by atoms with Gasteiger partial charge in [0.1, 0.15) is 11.9 Å². The fraction of sp³-hybridized carbons (Fsp3) is 0.417. The lowest BCUT2D eigenvalue weighted by Gasteiger charge is -2.21. The third-order valence-electron chi connectivity index (χ3n) is 3.03. The van der Waals surface area contributed by atoms with E-state index in [0.29, 0.717) is 0 Å². The molecule has 0 bridgehead atoms. The molecule has 3 rings (SSSR count). The number of hydrogen-bond acceptors (Lipinski definition) is 3. The lowest BCUT2D eigenvalue weighted by molar-refractivity contribution is 0.00883. The lowest BCUT2D eigenvalue weighted by Crippen LogP contribution is -2.14. The predicted molar refractivity (Wildman–Crippen MR) is 59.4 cm³/mol. The number of nitrogens with zero attached hydrogens (tertiary/aromatic N) is 2. The third-order valence-corrected chi connectivity index (χ3v) is 3.03. The summed E-state index contributed by atoms with van der Waals surface area (Å²) in [6.07, 6.45) is 5.05. The summed E-state index contributed by atoms with van der Waals surface area (Å²) in [5.74, 6) is 1.03. The maximum atomic E-state index is 9.84. The number of imidazole rings is 1. The Balaban J connectivity index is 2.09. The van der Waals surface area contributed by atoms with Gasteiger partial charge in [-0.05, 0) is 31.4 Å². The summed E-state index contributed by atoms with van der Waals surface area (Å²) in [4.78, 5) is 4.36. The fourth-order valence-electron chi connectivity index (χ4n) is 2.23. The lowest BCUT2D eigenvalue weighted by atomic mass is 10.1. The minimum atomic E-state index is 0.0181. The van der Waals surface area contributed by atoms with Crippen LogP contribution in [0.4, 0.5) is 0 Å². The van der Waals surface area contributed by atoms with Gasteiger partial charge in [0, 0.05) is 6.61 Å². The van der Waals surface area contributed by atoms with Gasteiger partial charge in [-0.25, -0.2) is 4.98 Å². The highest BCUT2D eigenvalue weighted by Crippen LogP contribution is 2.29. The number of rotatable bonds is 1. The van der Waals surface area contributed by atoms with Crippen LogP contribution in [0.15, 0.2) is 24.4 Å². The van der Waals surface area contributed by atoms with Gasteiger partial charge in [0.05, 0.1) is 11.7 Å². The second-order valence-electron chi connectivity index (χ2n) is 4.12. The molecule has 84 valence electrons. The molecule has 2 aromatic rings. The van der Waals surface area contributed by atoms with Gasteiger partial charge in [-0.3, -0.25) is 4.40 Å². The molecule has 0 saturated carbocycles. The minimum absolute atomic E-state index is 0.0181. The fourth-order valence-corrected chi connectivity index (χ4v) is 2.23. The molecular weight excluding hydrogens is 204 g/mol. The van der Waals surface area contributed by atoms with Gasteiger partial charge >= 0.3 is 0 Å². The zero-order valence-electron chi connectivity index (χ0n) is 8.97. The number of pyridine rings is 1. The Bertz CT molecular complexity index is 501. The molecule has 0 aromatic carbocycles. The van der Waals surface area contributed by atoms with E-state index >= 15 is 0 Å². The van der Waals surface area contributed by atoms with Crippen LogP contribution < -0.4 is 0 Å². The molecule has 2 aromatic heterocycles. The summed E-state index contributed by atoms with van der Waals surface area (Å²) >= 11 is 0. The van der Waals surface area contributed by atoms with Crippen LogP contribution in [0.2, 0.25) is 0 Å². The van der Waals surface area contributed by atoms with E-state index in [2.05, 4.69) is 4.98 Å². The SMILES string of the molecule is Oc1cccc2cnc(C3CCCCO3)n12. The first-order valence-corrected chi connectivity index (χ1v) is 5.63. The van der Waals surface area contributed by atoms with E-state index in [0.717, 1.165) is 37.2 Å². The first kappa shape index (κ1) is 9.66. The van der Waals surface area contributed by atoms with Crippen molar-refractivity contribution < 1.29 is 9.84 Å². The van der Waals surface area contributed by atoms with E-state index in [4.69, 9.17) is 4.74 Å². The van der Waals surface area contributed by atoms with Crippen molar-refractivity contribution in [1.29, 1.82) is 0 Å². The summed E-state index contributed by atoms with van der Waals surface area (Å²) in [6.45, 7) is 0.785. The molecule has 1 aliphatic heterocycles. The van der Waals surface area contributed by atoms with Crippen LogP contribution in [-0.4, -0.2) is 21.1 Å². The van der Waals surface area contributed by atoms with Crippen LogP contribution in [-0.2, 0) is 4.74 Å². The largest absolute Gasteiger partial charge is 0.494 e. The molecule has 3 heterocycles. The van der Waals surface area contributed by atoms with Gasteiger partial charge in [-0.2, -0.15) is 0 Å². The van der Waals surface area contributed by atoms with E-state index in [1.54, 1.807) is 16.7 Å². The molecule has 0 amide bonds. The number of fused-ring (bicyclic) bond motifs is 1. The highest BCUT2D eigenvalue weighted by molar-refractivity contribution is 5.49. The summed E-state index contributed by atoms with van der Waals surface area (Å²) in [5.41, 5.74) is 0.907. The predicted octanol–water partition coefficient (Wildman–Crippen LogP) is 2.28. The Morgan fingerprint density at radius 2 is 2.31 bits per heavy atom. The maximum Gasteiger partial charge on any atom is 0.197 e. The monoisotopic (exact) mass is 218 g/mol. The van der Waals surface area contributed by atoms with E-state index < -0.39 is 0 Å². The molecule has 0 aliphatic carbocycles. The second kappa shape index (κ2) is 3.79. The van der Waals surface area contributed by atoms with Crippen LogP contribution >= 0.6 is 0 Å². The number of ether oxygens (including phenoxy) is 1. The number of aromatic nitrogens is 2. The Morgan fingerprint density at radius 1 is 1.38 bits per heavy atom. The molecule has 1 atom stereocenters. The van der Waals surface area contributed by atoms with Crippen molar-refractivity contribution in [2.45, 2.75) is 25.4 Å². The van der Waals surface area contributed by atoms with Gasteiger partial charge in [0.2, 0.25) is 0 Å². The zero-order valence-corrected chi connectivity index (χ0v) is 8.97. The second-order valence-corrected chi connectivity index (χ2v) is 4.12.